The van der Waals surface area contributed by atoms with Gasteiger partial charge in [-0.3, -0.25) is 9.97 Å². The lowest BCUT2D eigenvalue weighted by molar-refractivity contribution is 0.475. The summed E-state index contributed by atoms with van der Waals surface area (Å²) in [5, 5.41) is 22.1. The summed E-state index contributed by atoms with van der Waals surface area (Å²) < 4.78 is 0. The van der Waals surface area contributed by atoms with E-state index in [1.165, 1.54) is 4.80 Å². The Morgan fingerprint density at radius 2 is 1.88 bits per heavy atom. The third-order valence-corrected chi connectivity index (χ3v) is 3.44. The van der Waals surface area contributed by atoms with Crippen LogP contribution in [0.4, 0.5) is 0 Å². The number of benzene rings is 1. The molecule has 0 saturated carbocycles. The van der Waals surface area contributed by atoms with Gasteiger partial charge in [0, 0.05) is 18.0 Å². The van der Waals surface area contributed by atoms with Crippen LogP contribution in [0.25, 0.3) is 28.3 Å². The summed E-state index contributed by atoms with van der Waals surface area (Å²) in [6.45, 7) is 0. The summed E-state index contributed by atoms with van der Waals surface area (Å²) in [5.41, 5.74) is 3.03. The van der Waals surface area contributed by atoms with E-state index >= 15 is 0 Å². The van der Waals surface area contributed by atoms with E-state index in [1.807, 2.05) is 30.3 Å². The van der Waals surface area contributed by atoms with E-state index in [-0.39, 0.29) is 5.75 Å². The normalized spacial score (nSPS) is 10.7. The van der Waals surface area contributed by atoms with Gasteiger partial charge in [0.05, 0.1) is 6.20 Å². The molecule has 24 heavy (non-hydrogen) atoms. The van der Waals surface area contributed by atoms with Gasteiger partial charge in [-0.15, -0.1) is 15.0 Å². The Bertz CT molecular complexity index is 983. The van der Waals surface area contributed by atoms with Crippen LogP contribution in [0.3, 0.4) is 0 Å². The molecule has 0 radical (unpaired) electrons. The second-order valence-electron chi connectivity index (χ2n) is 5.10. The van der Waals surface area contributed by atoms with E-state index < -0.39 is 0 Å². The summed E-state index contributed by atoms with van der Waals surface area (Å²) in [4.78, 5) is 9.84. The van der Waals surface area contributed by atoms with Gasteiger partial charge in [0.1, 0.15) is 17.1 Å². The zero-order chi connectivity index (χ0) is 16.4. The van der Waals surface area contributed by atoms with Crippen molar-refractivity contribution in [1.29, 1.82) is 0 Å². The minimum Gasteiger partial charge on any atom is -0.508 e. The number of pyridine rings is 2. The molecule has 7 heteroatoms. The first-order valence-corrected chi connectivity index (χ1v) is 7.26. The number of phenolic OH excluding ortho intramolecular Hbond substituents is 1. The highest BCUT2D eigenvalue weighted by molar-refractivity contribution is 5.66. The van der Waals surface area contributed by atoms with Gasteiger partial charge in [0.2, 0.25) is 5.82 Å². The van der Waals surface area contributed by atoms with Crippen LogP contribution in [-0.2, 0) is 0 Å². The van der Waals surface area contributed by atoms with E-state index in [0.717, 1.165) is 11.1 Å². The topological polar surface area (TPSA) is 89.6 Å². The van der Waals surface area contributed by atoms with Crippen LogP contribution < -0.4 is 0 Å². The van der Waals surface area contributed by atoms with E-state index in [9.17, 15) is 5.11 Å². The van der Waals surface area contributed by atoms with Crippen molar-refractivity contribution < 1.29 is 5.11 Å². The van der Waals surface area contributed by atoms with Gasteiger partial charge in [-0.1, -0.05) is 18.2 Å². The number of phenols is 1. The second kappa shape index (κ2) is 5.88. The molecule has 0 aliphatic carbocycles. The SMILES string of the molecule is Oc1cccc(-c2cncc(-n3nnc(-c4ccccn4)n3)c2)c1. The van der Waals surface area contributed by atoms with Gasteiger partial charge < -0.3 is 5.11 Å². The highest BCUT2D eigenvalue weighted by Gasteiger charge is 2.09. The predicted molar refractivity (Wildman–Crippen MR) is 87.3 cm³/mol. The molecule has 1 aromatic carbocycles. The molecule has 3 aromatic heterocycles. The molecule has 116 valence electrons. The van der Waals surface area contributed by atoms with Crippen LogP contribution in [0.5, 0.6) is 5.75 Å². The molecular formula is C17H12N6O. The average Bonchev–Trinajstić information content (AvgIpc) is 3.13. The molecule has 0 aliphatic rings. The Morgan fingerprint density at radius 1 is 0.917 bits per heavy atom. The molecule has 0 amide bonds. The molecule has 0 spiro atoms. The van der Waals surface area contributed by atoms with Gasteiger partial charge >= 0.3 is 0 Å². The molecule has 0 fully saturated rings. The Kier molecular flexibility index (Phi) is 3.43. The van der Waals surface area contributed by atoms with Crippen molar-refractivity contribution in [3.8, 4) is 34.1 Å². The molecule has 7 nitrogen and oxygen atoms in total. The first-order chi connectivity index (χ1) is 11.8. The molecule has 0 atom stereocenters. The summed E-state index contributed by atoms with van der Waals surface area (Å²) >= 11 is 0. The van der Waals surface area contributed by atoms with Crippen molar-refractivity contribution in [2.24, 2.45) is 0 Å². The van der Waals surface area contributed by atoms with E-state index in [4.69, 9.17) is 0 Å². The fourth-order valence-electron chi connectivity index (χ4n) is 2.30. The van der Waals surface area contributed by atoms with Gasteiger partial charge in [0.25, 0.3) is 0 Å². The highest BCUT2D eigenvalue weighted by atomic mass is 16.3. The zero-order valence-corrected chi connectivity index (χ0v) is 12.5. The van der Waals surface area contributed by atoms with Gasteiger partial charge in [-0.05, 0) is 41.1 Å². The van der Waals surface area contributed by atoms with Gasteiger partial charge in [0.15, 0.2) is 0 Å². The number of nitrogens with zero attached hydrogens (tertiary/aromatic N) is 6. The Morgan fingerprint density at radius 3 is 2.71 bits per heavy atom. The van der Waals surface area contributed by atoms with E-state index in [2.05, 4.69) is 25.4 Å². The number of rotatable bonds is 3. The van der Waals surface area contributed by atoms with Crippen LogP contribution in [0.15, 0.2) is 67.1 Å². The summed E-state index contributed by atoms with van der Waals surface area (Å²) in [7, 11) is 0. The first-order valence-electron chi connectivity index (χ1n) is 7.26. The smallest absolute Gasteiger partial charge is 0.223 e. The maximum absolute atomic E-state index is 9.62. The van der Waals surface area contributed by atoms with Gasteiger partial charge in [-0.25, -0.2) is 0 Å². The molecular weight excluding hydrogens is 304 g/mol. The molecule has 0 saturated heterocycles. The van der Waals surface area contributed by atoms with Crippen molar-refractivity contribution in [3.05, 3.63) is 67.1 Å². The summed E-state index contributed by atoms with van der Waals surface area (Å²) in [6.07, 6.45) is 5.05. The monoisotopic (exact) mass is 316 g/mol. The molecule has 1 N–H and O–H groups in total. The summed E-state index contributed by atoms with van der Waals surface area (Å²) in [5.74, 6) is 0.646. The lowest BCUT2D eigenvalue weighted by Gasteiger charge is -2.04. The largest absolute Gasteiger partial charge is 0.508 e. The number of hydrogen-bond acceptors (Lipinski definition) is 6. The molecule has 0 aliphatic heterocycles. The van der Waals surface area contributed by atoms with Crippen LogP contribution in [0, 0.1) is 0 Å². The standard InChI is InChI=1S/C17H12N6O/c24-15-5-3-4-12(9-15)13-8-14(11-18-10-13)23-21-17(20-22-23)16-6-1-2-7-19-16/h1-11,24H. The minimum atomic E-state index is 0.203. The average molecular weight is 316 g/mol. The fraction of sp³-hybridized carbons (Fsp3) is 0. The van der Waals surface area contributed by atoms with Crippen molar-refractivity contribution in [3.63, 3.8) is 0 Å². The second-order valence-corrected chi connectivity index (χ2v) is 5.10. The fourth-order valence-corrected chi connectivity index (χ4v) is 2.30. The lowest BCUT2D eigenvalue weighted by atomic mass is 10.1. The maximum atomic E-state index is 9.62. The van der Waals surface area contributed by atoms with Crippen molar-refractivity contribution in [2.45, 2.75) is 0 Å². The highest BCUT2D eigenvalue weighted by Crippen LogP contribution is 2.24. The lowest BCUT2D eigenvalue weighted by Crippen LogP contribution is -2.00. The molecule has 0 bridgehead atoms. The van der Waals surface area contributed by atoms with Crippen molar-refractivity contribution in [2.75, 3.05) is 0 Å². The Balaban J connectivity index is 1.71. The van der Waals surface area contributed by atoms with E-state index in [0.29, 0.717) is 17.2 Å². The van der Waals surface area contributed by atoms with Crippen LogP contribution >= 0.6 is 0 Å². The molecule has 4 aromatic rings. The molecule has 4 rings (SSSR count). The number of aromatic nitrogens is 6. The first kappa shape index (κ1) is 14.0. The third-order valence-electron chi connectivity index (χ3n) is 3.44. The Hall–Kier alpha value is -3.61. The summed E-state index contributed by atoms with van der Waals surface area (Å²) in [6, 6.07) is 14.4. The molecule has 3 heterocycles. The zero-order valence-electron chi connectivity index (χ0n) is 12.5. The quantitative estimate of drug-likeness (QED) is 0.624. The van der Waals surface area contributed by atoms with Crippen LogP contribution in [0.2, 0.25) is 0 Å². The van der Waals surface area contributed by atoms with Gasteiger partial charge in [-0.2, -0.15) is 0 Å². The van der Waals surface area contributed by atoms with E-state index in [1.54, 1.807) is 36.8 Å². The molecule has 0 unspecified atom stereocenters. The maximum Gasteiger partial charge on any atom is 0.223 e. The Labute approximate surface area is 137 Å². The number of tetrazole rings is 1. The van der Waals surface area contributed by atoms with Crippen LogP contribution in [-0.4, -0.2) is 35.3 Å². The van der Waals surface area contributed by atoms with Crippen molar-refractivity contribution in [1.82, 2.24) is 30.2 Å². The van der Waals surface area contributed by atoms with Crippen molar-refractivity contribution >= 4 is 0 Å². The third kappa shape index (κ3) is 2.70. The number of aromatic hydroxyl groups is 1. The van der Waals surface area contributed by atoms with Crippen LogP contribution in [0.1, 0.15) is 0 Å². The number of hydrogen-bond donors (Lipinski definition) is 1. The minimum absolute atomic E-state index is 0.203. The predicted octanol–water partition coefficient (Wildman–Crippen LogP) is 2.49.